The topological polar surface area (TPSA) is 101 Å². The largest absolute Gasteiger partial charge is 0.397 e. The second-order valence-electron chi connectivity index (χ2n) is 25.4. The van der Waals surface area contributed by atoms with Crippen molar-refractivity contribution in [2.75, 3.05) is 6.61 Å². The highest BCUT2D eigenvalue weighted by Gasteiger charge is 2.63. The molecule has 7 saturated carbocycles. The molecule has 0 aromatic heterocycles. The summed E-state index contributed by atoms with van der Waals surface area (Å²) in [7, 11) is 0. The van der Waals surface area contributed by atoms with Crippen molar-refractivity contribution in [3.8, 4) is 0 Å². The Morgan fingerprint density at radius 1 is 0.567 bits per heavy atom. The molecule has 2 aromatic carbocycles. The number of aliphatic hydroxyl groups excluding tert-OH is 3. The first-order valence-electron chi connectivity index (χ1n) is 27.3. The van der Waals surface area contributed by atoms with Crippen LogP contribution in [0.4, 0.5) is 8.78 Å². The molecule has 0 saturated heterocycles. The van der Waals surface area contributed by atoms with Gasteiger partial charge < -0.3 is 25.5 Å². The van der Waals surface area contributed by atoms with Gasteiger partial charge in [-0.05, 0) is 266 Å². The van der Waals surface area contributed by atoms with Crippen LogP contribution in [-0.2, 0) is 12.8 Å². The second kappa shape index (κ2) is 19.8. The number of rotatable bonds is 8. The van der Waals surface area contributed by atoms with E-state index in [9.17, 15) is 29.2 Å². The summed E-state index contributed by atoms with van der Waals surface area (Å²) in [6.45, 7) is 16.1. The summed E-state index contributed by atoms with van der Waals surface area (Å²) in [6, 6.07) is 13.5. The van der Waals surface area contributed by atoms with Crippen molar-refractivity contribution in [3.05, 3.63) is 82.9 Å². The molecule has 10 rings (SSSR count). The van der Waals surface area contributed by atoms with Gasteiger partial charge in [0, 0.05) is 6.61 Å². The Bertz CT molecular complexity index is 2000. The van der Waals surface area contributed by atoms with E-state index in [1.54, 1.807) is 6.92 Å². The van der Waals surface area contributed by atoms with E-state index in [0.717, 1.165) is 118 Å². The Balaban J connectivity index is 0.000000172. The van der Waals surface area contributed by atoms with E-state index in [4.69, 9.17) is 5.11 Å². The summed E-state index contributed by atoms with van der Waals surface area (Å²) in [6.07, 6.45) is 25.0. The zero-order valence-corrected chi connectivity index (χ0v) is 42.6. The third kappa shape index (κ3) is 9.80. The molecule has 2 aromatic rings. The van der Waals surface area contributed by atoms with Gasteiger partial charge in [0.1, 0.15) is 11.6 Å². The van der Waals surface area contributed by atoms with Gasteiger partial charge in [0.25, 0.3) is 0 Å². The van der Waals surface area contributed by atoms with Gasteiger partial charge in [-0.25, -0.2) is 8.78 Å². The molecule has 7 fully saturated rings. The fraction of sp³-hybridized carbons (Fsp3) is 0.767. The van der Waals surface area contributed by atoms with Gasteiger partial charge in [0.05, 0.1) is 23.4 Å². The van der Waals surface area contributed by atoms with Crippen LogP contribution in [0, 0.1) is 86.6 Å². The van der Waals surface area contributed by atoms with Gasteiger partial charge in [0.2, 0.25) is 0 Å². The summed E-state index contributed by atoms with van der Waals surface area (Å²) in [4.78, 5) is 0. The quantitative estimate of drug-likeness (QED) is 0.170. The van der Waals surface area contributed by atoms with Gasteiger partial charge >= 0.3 is 0 Å². The molecule has 0 heterocycles. The Kier molecular flexibility index (Phi) is 15.1. The molecule has 0 aliphatic heterocycles. The minimum atomic E-state index is -0.695. The molecule has 17 atom stereocenters. The monoisotopic (exact) mass is 929 g/mol. The van der Waals surface area contributed by atoms with Crippen molar-refractivity contribution in [3.63, 3.8) is 0 Å². The van der Waals surface area contributed by atoms with E-state index in [0.29, 0.717) is 29.1 Å². The van der Waals surface area contributed by atoms with Crippen LogP contribution in [0.15, 0.2) is 60.2 Å². The number of hydrogen-bond acceptors (Lipinski definition) is 5. The molecule has 0 amide bonds. The molecule has 0 bridgehead atoms. The summed E-state index contributed by atoms with van der Waals surface area (Å²) >= 11 is 0. The second-order valence-corrected chi connectivity index (χ2v) is 25.4. The van der Waals surface area contributed by atoms with Crippen molar-refractivity contribution >= 4 is 0 Å². The van der Waals surface area contributed by atoms with Crippen LogP contribution >= 0.6 is 0 Å². The van der Waals surface area contributed by atoms with Crippen molar-refractivity contribution in [2.24, 2.45) is 74.9 Å². The molecule has 374 valence electrons. The predicted octanol–water partition coefficient (Wildman–Crippen LogP) is 13.0. The highest BCUT2D eigenvalue weighted by molar-refractivity contribution is 5.26. The Morgan fingerprint density at radius 2 is 1.03 bits per heavy atom. The molecule has 8 aliphatic carbocycles. The number of halogens is 2. The molecular weight excluding hydrogens is 839 g/mol. The minimum Gasteiger partial charge on any atom is -0.397 e. The van der Waals surface area contributed by atoms with Gasteiger partial charge in [-0.1, -0.05) is 63.6 Å². The highest BCUT2D eigenvalue weighted by atomic mass is 19.1. The fourth-order valence-electron chi connectivity index (χ4n) is 18.4. The van der Waals surface area contributed by atoms with Crippen LogP contribution in [0.5, 0.6) is 0 Å². The molecule has 0 radical (unpaired) electrons. The van der Waals surface area contributed by atoms with Gasteiger partial charge in [-0.2, -0.15) is 0 Å². The first kappa shape index (κ1) is 51.2. The molecule has 8 aliphatic rings. The molecular formula is C60H90F2O5. The molecule has 5 N–H and O–H groups in total. The number of aryl methyl sites for hydroxylation is 2. The van der Waals surface area contributed by atoms with Crippen LogP contribution in [0.25, 0.3) is 0 Å². The van der Waals surface area contributed by atoms with Crippen LogP contribution < -0.4 is 0 Å². The maximum absolute atomic E-state index is 13.3. The Morgan fingerprint density at radius 3 is 1.57 bits per heavy atom. The smallest absolute Gasteiger partial charge is 0.123 e. The third-order valence-electron chi connectivity index (χ3n) is 21.9. The van der Waals surface area contributed by atoms with E-state index < -0.39 is 11.2 Å². The van der Waals surface area contributed by atoms with E-state index in [1.807, 2.05) is 24.3 Å². The molecule has 7 heteroatoms. The number of allylic oxidation sites excluding steroid dienone is 1. The minimum absolute atomic E-state index is 0.0782. The summed E-state index contributed by atoms with van der Waals surface area (Å²) in [5.41, 5.74) is 3.48. The lowest BCUT2D eigenvalue weighted by Gasteiger charge is -2.61. The predicted molar refractivity (Wildman–Crippen MR) is 266 cm³/mol. The maximum Gasteiger partial charge on any atom is 0.123 e. The fourth-order valence-corrected chi connectivity index (χ4v) is 18.4. The van der Waals surface area contributed by atoms with Crippen molar-refractivity contribution < 1.29 is 34.3 Å². The Hall–Kier alpha value is -2.16. The van der Waals surface area contributed by atoms with Gasteiger partial charge in [-0.3, -0.25) is 0 Å². The van der Waals surface area contributed by atoms with Gasteiger partial charge in [0.15, 0.2) is 0 Å². The van der Waals surface area contributed by atoms with Crippen molar-refractivity contribution in [1.82, 2.24) is 0 Å². The van der Waals surface area contributed by atoms with Crippen LogP contribution in [0.1, 0.15) is 182 Å². The molecule has 67 heavy (non-hydrogen) atoms. The standard InChI is InChI=1S/C29H43FO2.C29H41FO2.C2H6O/c2*1-27-15-13-22(31)18-20(27)6-9-23-24-10-11-26(28(24,2)16-14-25(23)27)29(3,32)17-12-19-4-7-21(30)8-5-19;1-2-3/h4-5,7-8,20,22-26,31-32H,6,9-18H2,1-3H3;4-8,22-26,31-32H,9-18H2,1-3H3;3H,2H2,1H3/t20-,22-,23-,24-,25-,26-,27-,28-,29+;22-,23-,24-,25-,26-,27-,28-,29+;/m00./s1. The van der Waals surface area contributed by atoms with Crippen LogP contribution in [-0.4, -0.2) is 55.5 Å². The van der Waals surface area contributed by atoms with Gasteiger partial charge in [-0.15, -0.1) is 0 Å². The van der Waals surface area contributed by atoms with Crippen molar-refractivity contribution in [1.29, 1.82) is 0 Å². The molecule has 5 nitrogen and oxygen atoms in total. The SMILES string of the molecule is CCO.C[C@]12CC[C@H](O)C[C@@H]1CC[C@@H]1[C@@H]2CC[C@@]2(C)[C@H]1CC[C@@H]2[C@](C)(O)CCc1ccc(F)cc1.C[C@]12CC[C@H]3[C@@H](CC=C4C[C@@H](O)CC[C@@]43C)[C@@H]1CC[C@@H]2[C@](C)(O)CCc1ccc(F)cc1. The van der Waals surface area contributed by atoms with E-state index in [1.165, 1.54) is 87.6 Å². The third-order valence-corrected chi connectivity index (χ3v) is 21.9. The first-order chi connectivity index (χ1) is 31.7. The van der Waals surface area contributed by atoms with Crippen LogP contribution in [0.2, 0.25) is 0 Å². The average molecular weight is 929 g/mol. The number of hydrogen-bond donors (Lipinski definition) is 5. The summed E-state index contributed by atoms with van der Waals surface area (Å²) in [5.74, 6) is 5.44. The zero-order valence-electron chi connectivity index (χ0n) is 42.6. The summed E-state index contributed by atoms with van der Waals surface area (Å²) in [5, 5.41) is 51.5. The first-order valence-corrected chi connectivity index (χ1v) is 27.3. The zero-order chi connectivity index (χ0) is 48.2. The molecule has 0 unspecified atom stereocenters. The average Bonchev–Trinajstić information content (AvgIpc) is 3.85. The lowest BCUT2D eigenvalue weighted by Crippen LogP contribution is -2.55. The van der Waals surface area contributed by atoms with E-state index in [-0.39, 0.29) is 46.7 Å². The number of benzene rings is 2. The van der Waals surface area contributed by atoms with Crippen LogP contribution in [0.3, 0.4) is 0 Å². The molecule has 0 spiro atoms. The van der Waals surface area contributed by atoms with E-state index in [2.05, 4.69) is 47.6 Å². The highest BCUT2D eigenvalue weighted by Crippen LogP contribution is 2.70. The lowest BCUT2D eigenvalue weighted by atomic mass is 9.44. The normalized spacial score (nSPS) is 42.5. The lowest BCUT2D eigenvalue weighted by molar-refractivity contribution is -0.144. The Labute approximate surface area is 404 Å². The van der Waals surface area contributed by atoms with Crippen molar-refractivity contribution in [2.45, 2.75) is 207 Å². The maximum atomic E-state index is 13.3. The summed E-state index contributed by atoms with van der Waals surface area (Å²) < 4.78 is 26.5. The number of fused-ring (bicyclic) bond motifs is 10. The number of aliphatic hydroxyl groups is 5. The van der Waals surface area contributed by atoms with E-state index >= 15 is 0 Å².